The summed E-state index contributed by atoms with van der Waals surface area (Å²) in [5.74, 6) is -2.59. The molecule has 8 heteroatoms. The maximum absolute atomic E-state index is 12.6. The largest absolute Gasteiger partial charge is 0.355 e. The lowest BCUT2D eigenvalue weighted by Gasteiger charge is -2.24. The molecule has 8 nitrogen and oxygen atoms in total. The normalized spacial score (nSPS) is 18.6. The zero-order valence-electron chi connectivity index (χ0n) is 14.2. The van der Waals surface area contributed by atoms with Crippen molar-refractivity contribution in [2.75, 3.05) is 6.54 Å². The number of likely N-dealkylation sites (tertiary alicyclic amines) is 1. The Hall–Kier alpha value is -3.55. The quantitative estimate of drug-likeness (QED) is 0.764. The molecule has 0 unspecified atom stereocenters. The monoisotopic (exact) mass is 365 g/mol. The van der Waals surface area contributed by atoms with E-state index < -0.39 is 29.7 Å². The molecule has 3 heterocycles. The zero-order valence-corrected chi connectivity index (χ0v) is 14.2. The highest BCUT2D eigenvalue weighted by molar-refractivity contribution is 6.21. The van der Waals surface area contributed by atoms with Gasteiger partial charge in [-0.25, -0.2) is 4.79 Å². The number of carbonyl (C=O) groups excluding carboxylic acids is 4. The van der Waals surface area contributed by atoms with Gasteiger partial charge in [0.1, 0.15) is 11.7 Å². The van der Waals surface area contributed by atoms with E-state index in [-0.39, 0.29) is 16.8 Å². The van der Waals surface area contributed by atoms with Gasteiger partial charge >= 0.3 is 5.97 Å². The van der Waals surface area contributed by atoms with Crippen LogP contribution in [0.15, 0.2) is 48.7 Å². The molecule has 1 fully saturated rings. The smallest absolute Gasteiger partial charge is 0.327 e. The predicted molar refractivity (Wildman–Crippen MR) is 91.3 cm³/mol. The average molecular weight is 365 g/mol. The highest BCUT2D eigenvalue weighted by atomic mass is 16.7. The van der Waals surface area contributed by atoms with Gasteiger partial charge in [0.05, 0.1) is 11.1 Å². The second-order valence-electron chi connectivity index (χ2n) is 6.23. The van der Waals surface area contributed by atoms with Crippen LogP contribution in [0.25, 0.3) is 0 Å². The van der Waals surface area contributed by atoms with Crippen LogP contribution in [0.5, 0.6) is 0 Å². The first-order chi connectivity index (χ1) is 13.1. The molecule has 0 saturated carbocycles. The number of hydroxylamine groups is 2. The van der Waals surface area contributed by atoms with Crippen molar-refractivity contribution in [3.8, 4) is 0 Å². The van der Waals surface area contributed by atoms with Crippen molar-refractivity contribution in [3.63, 3.8) is 0 Å². The van der Waals surface area contributed by atoms with Gasteiger partial charge in [0.2, 0.25) is 0 Å². The van der Waals surface area contributed by atoms with Crippen LogP contribution in [-0.4, -0.2) is 51.2 Å². The van der Waals surface area contributed by atoms with Crippen LogP contribution in [0.2, 0.25) is 0 Å². The fourth-order valence-electron chi connectivity index (χ4n) is 3.29. The van der Waals surface area contributed by atoms with E-state index in [1.165, 1.54) is 23.2 Å². The first-order valence-electron chi connectivity index (χ1n) is 8.49. The number of fused-ring (bicyclic) bond motifs is 1. The van der Waals surface area contributed by atoms with Gasteiger partial charge in [0.25, 0.3) is 17.7 Å². The van der Waals surface area contributed by atoms with Crippen molar-refractivity contribution in [1.29, 1.82) is 0 Å². The summed E-state index contributed by atoms with van der Waals surface area (Å²) in [5, 5.41) is 0.467. The molecule has 0 spiro atoms. The summed E-state index contributed by atoms with van der Waals surface area (Å²) < 4.78 is 0. The number of amides is 3. The third-order valence-electron chi connectivity index (χ3n) is 4.61. The minimum Gasteiger partial charge on any atom is -0.327 e. The van der Waals surface area contributed by atoms with Crippen LogP contribution >= 0.6 is 0 Å². The van der Waals surface area contributed by atoms with Crippen LogP contribution in [0.1, 0.15) is 44.0 Å². The number of pyridine rings is 1. The minimum atomic E-state index is -0.871. The van der Waals surface area contributed by atoms with Gasteiger partial charge < -0.3 is 9.74 Å². The highest BCUT2D eigenvalue weighted by Gasteiger charge is 2.42. The van der Waals surface area contributed by atoms with Gasteiger partial charge in [-0.05, 0) is 37.1 Å². The van der Waals surface area contributed by atoms with Crippen molar-refractivity contribution in [3.05, 3.63) is 65.5 Å². The van der Waals surface area contributed by atoms with Crippen molar-refractivity contribution in [2.24, 2.45) is 0 Å². The summed E-state index contributed by atoms with van der Waals surface area (Å²) in [7, 11) is 0. The number of benzene rings is 1. The molecule has 1 aromatic carbocycles. The minimum absolute atomic E-state index is 0.183. The molecule has 27 heavy (non-hydrogen) atoms. The molecule has 4 rings (SSSR count). The van der Waals surface area contributed by atoms with Crippen LogP contribution in [0, 0.1) is 0 Å². The van der Waals surface area contributed by atoms with Crippen LogP contribution < -0.4 is 0 Å². The Kier molecular flexibility index (Phi) is 4.15. The summed E-state index contributed by atoms with van der Waals surface area (Å²) in [6.45, 7) is 0.372. The van der Waals surface area contributed by atoms with Crippen molar-refractivity contribution < 1.29 is 24.0 Å². The molecule has 0 aliphatic carbocycles. The Balaban J connectivity index is 1.51. The second kappa shape index (κ2) is 6.64. The number of imide groups is 1. The topological polar surface area (TPSA) is 96.9 Å². The number of carbonyl (C=O) groups is 4. The van der Waals surface area contributed by atoms with Crippen molar-refractivity contribution >= 4 is 23.7 Å². The molecule has 0 radical (unpaired) electrons. The first-order valence-corrected chi connectivity index (χ1v) is 8.49. The number of rotatable bonds is 3. The predicted octanol–water partition coefficient (Wildman–Crippen LogP) is 1.44. The Morgan fingerprint density at radius 3 is 2.30 bits per heavy atom. The third kappa shape index (κ3) is 2.84. The number of nitrogens with zero attached hydrogens (tertiary/aromatic N) is 3. The van der Waals surface area contributed by atoms with Gasteiger partial charge in [-0.2, -0.15) is 0 Å². The van der Waals surface area contributed by atoms with Crippen LogP contribution in [-0.2, 0) is 9.63 Å². The summed E-state index contributed by atoms with van der Waals surface area (Å²) in [6.07, 6.45) is 2.50. The first kappa shape index (κ1) is 16.9. The van der Waals surface area contributed by atoms with E-state index in [4.69, 9.17) is 4.84 Å². The molecule has 136 valence electrons. The van der Waals surface area contributed by atoms with Gasteiger partial charge in [0, 0.05) is 12.7 Å². The molecule has 0 bridgehead atoms. The molecular weight excluding hydrogens is 350 g/mol. The molecular formula is C19H15N3O5. The molecule has 2 aromatic rings. The Labute approximate surface area is 154 Å². The van der Waals surface area contributed by atoms with E-state index in [0.717, 1.165) is 0 Å². The molecule has 1 saturated heterocycles. The number of aromatic nitrogens is 1. The second-order valence-corrected chi connectivity index (χ2v) is 6.23. The number of hydrogen-bond donors (Lipinski definition) is 0. The third-order valence-corrected chi connectivity index (χ3v) is 4.61. The summed E-state index contributed by atoms with van der Waals surface area (Å²) in [4.78, 5) is 60.4. The van der Waals surface area contributed by atoms with Crippen molar-refractivity contribution in [1.82, 2.24) is 14.9 Å². The Bertz CT molecular complexity index is 908. The van der Waals surface area contributed by atoms with Gasteiger partial charge in [-0.1, -0.05) is 23.3 Å². The average Bonchev–Trinajstić information content (AvgIpc) is 3.28. The zero-order chi connectivity index (χ0) is 19.0. The maximum Gasteiger partial charge on any atom is 0.355 e. The van der Waals surface area contributed by atoms with E-state index in [9.17, 15) is 19.2 Å². The van der Waals surface area contributed by atoms with E-state index in [1.807, 2.05) is 0 Å². The van der Waals surface area contributed by atoms with E-state index in [2.05, 4.69) is 4.98 Å². The summed E-state index contributed by atoms with van der Waals surface area (Å²) in [5.41, 5.74) is 0.587. The summed E-state index contributed by atoms with van der Waals surface area (Å²) in [6, 6.07) is 10.3. The standard InChI is InChI=1S/C19H15N3O5/c23-16-12-6-1-2-7-13(12)17(24)22(16)27-19(26)15-9-5-11-21(15)18(25)14-8-3-4-10-20-14/h1-4,6-8,10,15H,5,9,11H2/t15-/m0/s1. The van der Waals surface area contributed by atoms with Crippen LogP contribution in [0.3, 0.4) is 0 Å². The molecule has 1 aromatic heterocycles. The molecule has 0 N–H and O–H groups in total. The summed E-state index contributed by atoms with van der Waals surface area (Å²) >= 11 is 0. The van der Waals surface area contributed by atoms with Gasteiger partial charge in [0.15, 0.2) is 0 Å². The van der Waals surface area contributed by atoms with Gasteiger partial charge in [-0.3, -0.25) is 19.4 Å². The van der Waals surface area contributed by atoms with Crippen molar-refractivity contribution in [2.45, 2.75) is 18.9 Å². The maximum atomic E-state index is 12.6. The Morgan fingerprint density at radius 1 is 1.00 bits per heavy atom. The molecule has 3 amide bonds. The lowest BCUT2D eigenvalue weighted by molar-refractivity contribution is -0.173. The van der Waals surface area contributed by atoms with E-state index >= 15 is 0 Å². The number of hydrogen-bond acceptors (Lipinski definition) is 6. The van der Waals surface area contributed by atoms with Gasteiger partial charge in [-0.15, -0.1) is 0 Å². The van der Waals surface area contributed by atoms with Crippen LogP contribution in [0.4, 0.5) is 0 Å². The molecule has 2 aliphatic rings. The van der Waals surface area contributed by atoms with E-state index in [0.29, 0.717) is 24.4 Å². The highest BCUT2D eigenvalue weighted by Crippen LogP contribution is 2.25. The molecule has 1 atom stereocenters. The lowest BCUT2D eigenvalue weighted by atomic mass is 10.1. The molecule has 2 aliphatic heterocycles. The fraction of sp³-hybridized carbons (Fsp3) is 0.211. The SMILES string of the molecule is O=C(ON1C(=O)c2ccccc2C1=O)[C@@H]1CCCN1C(=O)c1ccccn1. The Morgan fingerprint density at radius 2 is 1.67 bits per heavy atom. The fourth-order valence-corrected chi connectivity index (χ4v) is 3.29. The van der Waals surface area contributed by atoms with E-state index in [1.54, 1.807) is 30.3 Å². The lowest BCUT2D eigenvalue weighted by Crippen LogP contribution is -2.45.